The van der Waals surface area contributed by atoms with Gasteiger partial charge in [-0.1, -0.05) is 30.3 Å². The number of carboxylic acid groups (broad SMARTS) is 1. The summed E-state index contributed by atoms with van der Waals surface area (Å²) in [6.45, 7) is 1.15. The number of amides is 1. The molecule has 1 aliphatic rings. The first-order chi connectivity index (χ1) is 9.18. The minimum Gasteiger partial charge on any atom is -0.465 e. The van der Waals surface area contributed by atoms with Crippen molar-refractivity contribution in [2.75, 3.05) is 13.1 Å². The van der Waals surface area contributed by atoms with Crippen LogP contribution in [0, 0.1) is 0 Å². The fourth-order valence-corrected chi connectivity index (χ4v) is 3.17. The van der Waals surface area contributed by atoms with E-state index in [-0.39, 0.29) is 5.54 Å². The molecule has 19 heavy (non-hydrogen) atoms. The zero-order chi connectivity index (χ0) is 13.7. The molecule has 0 saturated carbocycles. The van der Waals surface area contributed by atoms with Gasteiger partial charge in [0.2, 0.25) is 0 Å². The van der Waals surface area contributed by atoms with Crippen molar-refractivity contribution in [2.24, 2.45) is 5.73 Å². The molecule has 0 spiro atoms. The van der Waals surface area contributed by atoms with E-state index in [0.29, 0.717) is 13.1 Å². The Morgan fingerprint density at radius 3 is 2.68 bits per heavy atom. The van der Waals surface area contributed by atoms with Crippen molar-refractivity contribution < 1.29 is 9.90 Å². The molecule has 4 heteroatoms. The summed E-state index contributed by atoms with van der Waals surface area (Å²) in [7, 11) is 0. The molecule has 0 radical (unpaired) electrons. The molecular weight excluding hydrogens is 240 g/mol. The number of rotatable bonds is 4. The quantitative estimate of drug-likeness (QED) is 0.876. The van der Waals surface area contributed by atoms with Crippen LogP contribution in [-0.2, 0) is 6.42 Å². The number of nitrogens with two attached hydrogens (primary N) is 1. The van der Waals surface area contributed by atoms with E-state index in [2.05, 4.69) is 12.1 Å². The van der Waals surface area contributed by atoms with E-state index in [4.69, 9.17) is 5.73 Å². The number of likely N-dealkylation sites (tertiary alicyclic amines) is 1. The van der Waals surface area contributed by atoms with E-state index < -0.39 is 6.09 Å². The van der Waals surface area contributed by atoms with Crippen molar-refractivity contribution in [3.05, 3.63) is 35.9 Å². The summed E-state index contributed by atoms with van der Waals surface area (Å²) in [6, 6.07) is 10.1. The number of nitrogens with zero attached hydrogens (tertiary/aromatic N) is 1. The van der Waals surface area contributed by atoms with E-state index in [9.17, 15) is 9.90 Å². The smallest absolute Gasteiger partial charge is 0.407 e. The van der Waals surface area contributed by atoms with Crippen LogP contribution in [0.3, 0.4) is 0 Å². The van der Waals surface area contributed by atoms with Crippen LogP contribution < -0.4 is 5.73 Å². The van der Waals surface area contributed by atoms with Crippen molar-refractivity contribution >= 4 is 6.09 Å². The average molecular weight is 262 g/mol. The Morgan fingerprint density at radius 2 is 2.05 bits per heavy atom. The first kappa shape index (κ1) is 13.9. The Kier molecular flexibility index (Phi) is 4.43. The summed E-state index contributed by atoms with van der Waals surface area (Å²) in [5, 5.41) is 9.46. The maximum Gasteiger partial charge on any atom is 0.407 e. The Hall–Kier alpha value is -1.55. The SMILES string of the molecule is NCC[C@]1(Cc2ccccc2)CCCCN1C(=O)O. The van der Waals surface area contributed by atoms with E-state index in [0.717, 1.165) is 32.1 Å². The topological polar surface area (TPSA) is 66.6 Å². The molecule has 104 valence electrons. The van der Waals surface area contributed by atoms with Crippen LogP contribution in [0.1, 0.15) is 31.2 Å². The first-order valence-electron chi connectivity index (χ1n) is 6.92. The predicted octanol–water partition coefficient (Wildman–Crippen LogP) is 2.48. The molecule has 1 aromatic rings. The molecule has 1 amide bonds. The molecule has 1 saturated heterocycles. The van der Waals surface area contributed by atoms with Crippen molar-refractivity contribution in [1.82, 2.24) is 4.90 Å². The number of benzene rings is 1. The molecule has 1 heterocycles. The molecule has 2 rings (SSSR count). The van der Waals surface area contributed by atoms with E-state index in [1.54, 1.807) is 4.90 Å². The number of hydrogen-bond acceptors (Lipinski definition) is 2. The average Bonchev–Trinajstić information content (AvgIpc) is 2.40. The highest BCUT2D eigenvalue weighted by Crippen LogP contribution is 2.34. The van der Waals surface area contributed by atoms with Crippen molar-refractivity contribution in [3.8, 4) is 0 Å². The largest absolute Gasteiger partial charge is 0.465 e. The van der Waals surface area contributed by atoms with Gasteiger partial charge in [-0.25, -0.2) is 4.79 Å². The summed E-state index contributed by atoms with van der Waals surface area (Å²) < 4.78 is 0. The summed E-state index contributed by atoms with van der Waals surface area (Å²) >= 11 is 0. The highest BCUT2D eigenvalue weighted by Gasteiger charge is 2.40. The fourth-order valence-electron chi connectivity index (χ4n) is 3.17. The third kappa shape index (κ3) is 3.07. The normalized spacial score (nSPS) is 23.3. The Bertz CT molecular complexity index is 417. The van der Waals surface area contributed by atoms with Gasteiger partial charge >= 0.3 is 6.09 Å². The van der Waals surface area contributed by atoms with Gasteiger partial charge in [-0.2, -0.15) is 0 Å². The monoisotopic (exact) mass is 262 g/mol. The van der Waals surface area contributed by atoms with E-state index >= 15 is 0 Å². The van der Waals surface area contributed by atoms with Crippen LogP contribution in [0.2, 0.25) is 0 Å². The maximum absolute atomic E-state index is 11.5. The third-order valence-corrected chi connectivity index (χ3v) is 4.06. The van der Waals surface area contributed by atoms with Gasteiger partial charge in [-0.3, -0.25) is 0 Å². The second kappa shape index (κ2) is 6.06. The van der Waals surface area contributed by atoms with E-state index in [1.807, 2.05) is 18.2 Å². The molecule has 1 aromatic carbocycles. The van der Waals surface area contributed by atoms with Crippen molar-refractivity contribution in [2.45, 2.75) is 37.6 Å². The molecule has 4 nitrogen and oxygen atoms in total. The first-order valence-corrected chi connectivity index (χ1v) is 6.92. The molecule has 1 atom stereocenters. The summed E-state index contributed by atoms with van der Waals surface area (Å²) in [5.74, 6) is 0. The Morgan fingerprint density at radius 1 is 1.32 bits per heavy atom. The maximum atomic E-state index is 11.5. The summed E-state index contributed by atoms with van der Waals surface area (Å²) in [6.07, 6.45) is 3.62. The van der Waals surface area contributed by atoms with Gasteiger partial charge in [0.25, 0.3) is 0 Å². The molecule has 3 N–H and O–H groups in total. The van der Waals surface area contributed by atoms with Crippen molar-refractivity contribution in [3.63, 3.8) is 0 Å². The molecule has 1 aliphatic heterocycles. The zero-order valence-corrected chi connectivity index (χ0v) is 11.2. The molecule has 0 aliphatic carbocycles. The lowest BCUT2D eigenvalue weighted by Crippen LogP contribution is -2.56. The van der Waals surface area contributed by atoms with Gasteiger partial charge < -0.3 is 15.7 Å². The molecule has 0 aromatic heterocycles. The lowest BCUT2D eigenvalue weighted by Gasteiger charge is -2.46. The van der Waals surface area contributed by atoms with Gasteiger partial charge in [-0.15, -0.1) is 0 Å². The van der Waals surface area contributed by atoms with Gasteiger partial charge in [0, 0.05) is 6.54 Å². The van der Waals surface area contributed by atoms with Crippen LogP contribution >= 0.6 is 0 Å². The Labute approximate surface area is 114 Å². The van der Waals surface area contributed by atoms with E-state index in [1.165, 1.54) is 5.56 Å². The van der Waals surface area contributed by atoms with Crippen LogP contribution in [0.5, 0.6) is 0 Å². The van der Waals surface area contributed by atoms with Gasteiger partial charge in [0.1, 0.15) is 0 Å². The molecule has 0 bridgehead atoms. The molecular formula is C15H22N2O2. The predicted molar refractivity (Wildman–Crippen MR) is 75.1 cm³/mol. The summed E-state index contributed by atoms with van der Waals surface area (Å²) in [4.78, 5) is 13.1. The zero-order valence-electron chi connectivity index (χ0n) is 11.2. The minimum absolute atomic E-state index is 0.319. The highest BCUT2D eigenvalue weighted by atomic mass is 16.4. The molecule has 1 fully saturated rings. The van der Waals surface area contributed by atoms with Crippen LogP contribution in [0.25, 0.3) is 0 Å². The number of piperidine rings is 1. The van der Waals surface area contributed by atoms with Crippen LogP contribution in [0.4, 0.5) is 4.79 Å². The van der Waals surface area contributed by atoms with Crippen LogP contribution in [0.15, 0.2) is 30.3 Å². The minimum atomic E-state index is -0.816. The second-order valence-corrected chi connectivity index (χ2v) is 5.32. The lowest BCUT2D eigenvalue weighted by molar-refractivity contribution is 0.0425. The standard InChI is InChI=1S/C15H22N2O2/c16-10-9-15(12-13-6-2-1-3-7-13)8-4-5-11-17(15)14(18)19/h1-3,6-7H,4-5,8-12,16H2,(H,18,19)/t15-/m0/s1. The van der Waals surface area contributed by atoms with Crippen LogP contribution in [-0.4, -0.2) is 34.7 Å². The van der Waals surface area contributed by atoms with Gasteiger partial charge in [-0.05, 0) is 44.2 Å². The number of carbonyl (C=O) groups is 1. The fraction of sp³-hybridized carbons (Fsp3) is 0.533. The summed E-state index contributed by atoms with van der Waals surface area (Å²) in [5.41, 5.74) is 6.61. The van der Waals surface area contributed by atoms with Gasteiger partial charge in [0.15, 0.2) is 0 Å². The Balaban J connectivity index is 2.26. The number of hydrogen-bond donors (Lipinski definition) is 2. The second-order valence-electron chi connectivity index (χ2n) is 5.32. The third-order valence-electron chi connectivity index (χ3n) is 4.06. The highest BCUT2D eigenvalue weighted by molar-refractivity contribution is 5.66. The lowest BCUT2D eigenvalue weighted by atomic mass is 9.79. The molecule has 0 unspecified atom stereocenters. The van der Waals surface area contributed by atoms with Gasteiger partial charge in [0.05, 0.1) is 5.54 Å². The van der Waals surface area contributed by atoms with Crippen molar-refractivity contribution in [1.29, 1.82) is 0 Å².